The van der Waals surface area contributed by atoms with E-state index in [1.54, 1.807) is 0 Å². The van der Waals surface area contributed by atoms with Gasteiger partial charge in [-0.25, -0.2) is 0 Å². The second-order valence-electron chi connectivity index (χ2n) is 2.16. The Hall–Kier alpha value is -0.100. The van der Waals surface area contributed by atoms with E-state index in [1.165, 1.54) is 11.8 Å². The first kappa shape index (κ1) is 12.0. The quantitative estimate of drug-likeness (QED) is 0.574. The molecule has 0 bridgehead atoms. The van der Waals surface area contributed by atoms with E-state index in [1.807, 2.05) is 0 Å². The largest absolute Gasteiger partial charge is 0.481 e. The molecular formula is C6H4Cl3NO3S. The Morgan fingerprint density at radius 1 is 1.50 bits per heavy atom. The van der Waals surface area contributed by atoms with Crippen molar-refractivity contribution < 1.29 is 9.66 Å². The average molecular weight is 277 g/mol. The number of nitrogens with zero attached hydrogens (tertiary/aromatic N) is 1. The van der Waals surface area contributed by atoms with E-state index in [0.29, 0.717) is 12.4 Å². The molecule has 1 heterocycles. The Balaban J connectivity index is 3.13. The molecule has 0 unspecified atom stereocenters. The second-order valence-corrected chi connectivity index (χ2v) is 4.56. The maximum Gasteiger partial charge on any atom is 0.338 e. The Kier molecular flexibility index (Phi) is 4.37. The smallest absolute Gasteiger partial charge is 0.338 e. The maximum atomic E-state index is 10.7. The third kappa shape index (κ3) is 2.70. The SMILES string of the molecule is O=[N+]([O-])/C(C(Cl)=C(Cl)Cl)=C1\OCCS1. The summed E-state index contributed by atoms with van der Waals surface area (Å²) in [6.07, 6.45) is 0. The molecule has 0 aromatic carbocycles. The highest BCUT2D eigenvalue weighted by Crippen LogP contribution is 2.35. The van der Waals surface area contributed by atoms with Crippen LogP contribution in [0.4, 0.5) is 0 Å². The van der Waals surface area contributed by atoms with Gasteiger partial charge in [0.1, 0.15) is 4.49 Å². The highest BCUT2D eigenvalue weighted by atomic mass is 35.5. The number of halogens is 3. The first-order valence-electron chi connectivity index (χ1n) is 3.39. The Bertz CT molecular complexity index is 316. The zero-order valence-electron chi connectivity index (χ0n) is 6.63. The molecule has 8 heteroatoms. The lowest BCUT2D eigenvalue weighted by atomic mass is 10.5. The number of hydrogen-bond donors (Lipinski definition) is 0. The van der Waals surface area contributed by atoms with Crippen LogP contribution in [-0.4, -0.2) is 17.3 Å². The fourth-order valence-electron chi connectivity index (χ4n) is 0.781. The summed E-state index contributed by atoms with van der Waals surface area (Å²) >= 11 is 17.5. The molecule has 78 valence electrons. The summed E-state index contributed by atoms with van der Waals surface area (Å²) in [4.78, 5) is 9.98. The fourth-order valence-corrected chi connectivity index (χ4v) is 2.00. The molecule has 0 aromatic heterocycles. The molecule has 0 N–H and O–H groups in total. The summed E-state index contributed by atoms with van der Waals surface area (Å²) in [6, 6.07) is 0. The summed E-state index contributed by atoms with van der Waals surface area (Å²) in [5.41, 5.74) is -0.380. The van der Waals surface area contributed by atoms with Crippen LogP contribution in [0, 0.1) is 10.1 Å². The monoisotopic (exact) mass is 275 g/mol. The number of thioether (sulfide) groups is 1. The topological polar surface area (TPSA) is 52.4 Å². The number of allylic oxidation sites excluding steroid dienone is 1. The van der Waals surface area contributed by atoms with Crippen molar-refractivity contribution in [2.45, 2.75) is 0 Å². The van der Waals surface area contributed by atoms with Crippen molar-refractivity contribution in [1.29, 1.82) is 0 Å². The number of rotatable bonds is 2. The maximum absolute atomic E-state index is 10.7. The average Bonchev–Trinajstić information content (AvgIpc) is 2.56. The van der Waals surface area contributed by atoms with E-state index >= 15 is 0 Å². The van der Waals surface area contributed by atoms with Gasteiger partial charge >= 0.3 is 5.70 Å². The van der Waals surface area contributed by atoms with Crippen LogP contribution >= 0.6 is 46.6 Å². The van der Waals surface area contributed by atoms with Crippen LogP contribution in [0.3, 0.4) is 0 Å². The van der Waals surface area contributed by atoms with Gasteiger partial charge in [-0.1, -0.05) is 46.6 Å². The summed E-state index contributed by atoms with van der Waals surface area (Å²) in [6.45, 7) is 0.418. The zero-order valence-corrected chi connectivity index (χ0v) is 9.71. The summed E-state index contributed by atoms with van der Waals surface area (Å²) in [5.74, 6) is 0.650. The number of hydrogen-bond acceptors (Lipinski definition) is 4. The van der Waals surface area contributed by atoms with Gasteiger partial charge in [-0.2, -0.15) is 0 Å². The highest BCUT2D eigenvalue weighted by molar-refractivity contribution is 8.03. The predicted molar refractivity (Wildman–Crippen MR) is 57.0 cm³/mol. The van der Waals surface area contributed by atoms with Gasteiger partial charge in [0.15, 0.2) is 5.03 Å². The van der Waals surface area contributed by atoms with Gasteiger partial charge in [0, 0.05) is 5.75 Å². The molecule has 0 atom stereocenters. The summed E-state index contributed by atoms with van der Waals surface area (Å²) in [5, 5.41) is 10.5. The Morgan fingerprint density at radius 3 is 2.50 bits per heavy atom. The van der Waals surface area contributed by atoms with Crippen molar-refractivity contribution in [1.82, 2.24) is 0 Å². The second kappa shape index (κ2) is 5.11. The van der Waals surface area contributed by atoms with E-state index in [9.17, 15) is 10.1 Å². The van der Waals surface area contributed by atoms with Crippen molar-refractivity contribution in [3.63, 3.8) is 0 Å². The molecule has 0 amide bonds. The minimum Gasteiger partial charge on any atom is -0.481 e. The van der Waals surface area contributed by atoms with Gasteiger partial charge in [-0.15, -0.1) is 0 Å². The van der Waals surface area contributed by atoms with Crippen molar-refractivity contribution in [2.75, 3.05) is 12.4 Å². The summed E-state index contributed by atoms with van der Waals surface area (Å²) in [7, 11) is 0. The van der Waals surface area contributed by atoms with Gasteiger partial charge in [0.05, 0.1) is 11.5 Å². The molecule has 0 aliphatic carbocycles. The zero-order chi connectivity index (χ0) is 10.7. The molecule has 1 saturated heterocycles. The van der Waals surface area contributed by atoms with Gasteiger partial charge in [0.2, 0.25) is 5.09 Å². The van der Waals surface area contributed by atoms with Crippen LogP contribution in [0.5, 0.6) is 0 Å². The molecule has 1 aliphatic rings. The van der Waals surface area contributed by atoms with Crippen LogP contribution < -0.4 is 0 Å². The molecule has 14 heavy (non-hydrogen) atoms. The van der Waals surface area contributed by atoms with Crippen LogP contribution in [0.25, 0.3) is 0 Å². The molecule has 1 aliphatic heterocycles. The first-order valence-corrected chi connectivity index (χ1v) is 5.51. The van der Waals surface area contributed by atoms with Gasteiger partial charge in [0.25, 0.3) is 0 Å². The Labute approximate surface area is 99.0 Å². The molecule has 1 rings (SSSR count). The van der Waals surface area contributed by atoms with E-state index in [4.69, 9.17) is 39.5 Å². The molecule has 0 spiro atoms. The van der Waals surface area contributed by atoms with Gasteiger partial charge in [-0.3, -0.25) is 10.1 Å². The lowest BCUT2D eigenvalue weighted by Crippen LogP contribution is -2.02. The van der Waals surface area contributed by atoms with Crippen LogP contribution in [0.1, 0.15) is 0 Å². The lowest BCUT2D eigenvalue weighted by molar-refractivity contribution is -0.422. The van der Waals surface area contributed by atoms with Crippen molar-refractivity contribution in [3.8, 4) is 0 Å². The standard InChI is InChI=1S/C6H4Cl3NO3S/c7-3(5(8)9)4(10(11)12)6-13-1-2-14-6/h1-2H2/b6-4+. The minimum atomic E-state index is -0.666. The van der Waals surface area contributed by atoms with Gasteiger partial charge < -0.3 is 4.74 Å². The fraction of sp³-hybridized carbons (Fsp3) is 0.333. The van der Waals surface area contributed by atoms with Crippen LogP contribution in [0.15, 0.2) is 20.3 Å². The van der Waals surface area contributed by atoms with Crippen molar-refractivity contribution >= 4 is 46.6 Å². The van der Waals surface area contributed by atoms with Crippen LogP contribution in [-0.2, 0) is 4.74 Å². The third-order valence-corrected chi connectivity index (χ3v) is 3.18. The molecule has 4 nitrogen and oxygen atoms in total. The molecular weight excluding hydrogens is 272 g/mol. The van der Waals surface area contributed by atoms with E-state index < -0.39 is 4.92 Å². The van der Waals surface area contributed by atoms with E-state index in [2.05, 4.69) is 0 Å². The predicted octanol–water partition coefficient (Wildman–Crippen LogP) is 3.08. The molecule has 0 saturated carbocycles. The molecule has 0 radical (unpaired) electrons. The molecule has 0 aromatic rings. The normalized spacial score (nSPS) is 18.8. The first-order chi connectivity index (χ1) is 6.54. The van der Waals surface area contributed by atoms with Crippen molar-refractivity contribution in [2.24, 2.45) is 0 Å². The van der Waals surface area contributed by atoms with Crippen molar-refractivity contribution in [3.05, 3.63) is 30.4 Å². The Morgan fingerprint density at radius 2 is 2.14 bits per heavy atom. The highest BCUT2D eigenvalue weighted by Gasteiger charge is 2.29. The van der Waals surface area contributed by atoms with E-state index in [0.717, 1.165) is 0 Å². The minimum absolute atomic E-state index is 0.152. The number of ether oxygens (including phenoxy) is 1. The summed E-state index contributed by atoms with van der Waals surface area (Å²) < 4.78 is 4.67. The van der Waals surface area contributed by atoms with Gasteiger partial charge in [-0.05, 0) is 0 Å². The lowest BCUT2D eigenvalue weighted by Gasteiger charge is -2.00. The van der Waals surface area contributed by atoms with E-state index in [-0.39, 0.29) is 20.3 Å². The van der Waals surface area contributed by atoms with Crippen LogP contribution in [0.2, 0.25) is 0 Å². The number of nitro groups is 1. The molecule has 1 fully saturated rings. The third-order valence-electron chi connectivity index (χ3n) is 1.30.